The fourth-order valence-corrected chi connectivity index (χ4v) is 9.11. The fraction of sp³-hybridized carbons (Fsp3) is 1.00. The van der Waals surface area contributed by atoms with Crippen molar-refractivity contribution in [2.75, 3.05) is 13.1 Å². The van der Waals surface area contributed by atoms with Crippen molar-refractivity contribution in [1.82, 2.24) is 4.90 Å². The lowest BCUT2D eigenvalue weighted by Crippen LogP contribution is -2.61. The Morgan fingerprint density at radius 3 is 2.36 bits per heavy atom. The van der Waals surface area contributed by atoms with Gasteiger partial charge in [-0.3, -0.25) is 4.90 Å². The van der Waals surface area contributed by atoms with E-state index in [1.807, 2.05) is 0 Å². The molecule has 5 fully saturated rings. The maximum absolute atomic E-state index is 2.99. The molecule has 25 heavy (non-hydrogen) atoms. The van der Waals surface area contributed by atoms with Gasteiger partial charge in [-0.05, 0) is 112 Å². The van der Waals surface area contributed by atoms with E-state index in [2.05, 4.69) is 18.7 Å². The molecule has 1 saturated heterocycles. The number of likely N-dealkylation sites (tertiary alicyclic amines) is 1. The van der Waals surface area contributed by atoms with Crippen LogP contribution in [0.4, 0.5) is 0 Å². The van der Waals surface area contributed by atoms with Gasteiger partial charge >= 0.3 is 0 Å². The van der Waals surface area contributed by atoms with E-state index < -0.39 is 0 Å². The Kier molecular flexibility index (Phi) is 4.27. The Bertz CT molecular complexity index is 494. The molecule has 0 aromatic carbocycles. The molecule has 7 atom stereocenters. The van der Waals surface area contributed by atoms with Gasteiger partial charge in [-0.25, -0.2) is 0 Å². The van der Waals surface area contributed by atoms with Crippen LogP contribution in [0.15, 0.2) is 0 Å². The molecule has 0 radical (unpaired) electrons. The van der Waals surface area contributed by atoms with Crippen molar-refractivity contribution in [3.05, 3.63) is 0 Å². The van der Waals surface area contributed by atoms with Crippen molar-refractivity contribution in [2.45, 2.75) is 103 Å². The van der Waals surface area contributed by atoms with Crippen LogP contribution in [0.1, 0.15) is 97.3 Å². The monoisotopic (exact) mass is 343 g/mol. The second kappa shape index (κ2) is 6.25. The van der Waals surface area contributed by atoms with E-state index in [4.69, 9.17) is 0 Å². The number of hydrogen-bond donors (Lipinski definition) is 0. The van der Waals surface area contributed by atoms with Crippen LogP contribution in [0, 0.1) is 34.5 Å². The summed E-state index contributed by atoms with van der Waals surface area (Å²) in [6.07, 6.45) is 19.9. The summed E-state index contributed by atoms with van der Waals surface area (Å²) in [4.78, 5) is 2.99. The van der Waals surface area contributed by atoms with Gasteiger partial charge in [0.25, 0.3) is 0 Å². The predicted molar refractivity (Wildman–Crippen MR) is 106 cm³/mol. The van der Waals surface area contributed by atoms with Crippen molar-refractivity contribution in [3.63, 3.8) is 0 Å². The summed E-state index contributed by atoms with van der Waals surface area (Å²) >= 11 is 0. The molecule has 0 N–H and O–H groups in total. The van der Waals surface area contributed by atoms with Gasteiger partial charge in [0, 0.05) is 6.04 Å². The summed E-state index contributed by atoms with van der Waals surface area (Å²) in [5.41, 5.74) is 1.36. The van der Waals surface area contributed by atoms with Crippen LogP contribution in [-0.2, 0) is 0 Å². The maximum atomic E-state index is 2.99. The third-order valence-electron chi connectivity index (χ3n) is 10.3. The van der Waals surface area contributed by atoms with Crippen molar-refractivity contribution in [3.8, 4) is 0 Å². The summed E-state index contributed by atoms with van der Waals surface area (Å²) in [5, 5.41) is 0. The molecule has 0 bridgehead atoms. The molecule has 0 amide bonds. The highest BCUT2D eigenvalue weighted by atomic mass is 15.2. The van der Waals surface area contributed by atoms with Crippen molar-refractivity contribution in [2.24, 2.45) is 34.5 Å². The lowest BCUT2D eigenvalue weighted by Gasteiger charge is -2.64. The normalized spacial score (nSPS) is 53.8. The fourth-order valence-electron chi connectivity index (χ4n) is 9.11. The molecule has 0 aromatic rings. The van der Waals surface area contributed by atoms with E-state index in [0.717, 1.165) is 35.1 Å². The smallest absolute Gasteiger partial charge is 0.0154 e. The molecule has 142 valence electrons. The third-order valence-corrected chi connectivity index (χ3v) is 10.3. The summed E-state index contributed by atoms with van der Waals surface area (Å²) in [5.74, 6) is 4.25. The van der Waals surface area contributed by atoms with Crippen LogP contribution < -0.4 is 0 Å². The zero-order valence-corrected chi connectivity index (χ0v) is 16.9. The molecule has 5 unspecified atom stereocenters. The standard InChI is InChI=1S/C24H41N/c1-23-14-7-9-20(23)19-12-11-18-8-6-10-22(25-16-4-3-5-17-25)24(18,2)21(19)13-15-23/h18-22H,3-17H2,1-2H3/t18?,19?,20?,21?,22?,23-,24-/m0/s1. The first-order chi connectivity index (χ1) is 12.1. The van der Waals surface area contributed by atoms with Gasteiger partial charge in [-0.1, -0.05) is 33.1 Å². The Balaban J connectivity index is 1.47. The summed E-state index contributed by atoms with van der Waals surface area (Å²) in [6, 6.07) is 0.921. The van der Waals surface area contributed by atoms with Crippen LogP contribution >= 0.6 is 0 Å². The minimum absolute atomic E-state index is 0.641. The van der Waals surface area contributed by atoms with E-state index in [-0.39, 0.29) is 0 Å². The second-order valence-electron chi connectivity index (χ2n) is 11.1. The van der Waals surface area contributed by atoms with Gasteiger partial charge in [0.1, 0.15) is 0 Å². The van der Waals surface area contributed by atoms with E-state index >= 15 is 0 Å². The Hall–Kier alpha value is -0.0400. The van der Waals surface area contributed by atoms with Gasteiger partial charge in [0.15, 0.2) is 0 Å². The third kappa shape index (κ3) is 2.50. The van der Waals surface area contributed by atoms with Gasteiger partial charge in [0.05, 0.1) is 0 Å². The molecule has 0 aromatic heterocycles. The molecule has 1 heterocycles. The number of fused-ring (bicyclic) bond motifs is 5. The minimum Gasteiger partial charge on any atom is -0.300 e. The molecule has 5 aliphatic rings. The first kappa shape index (κ1) is 17.1. The van der Waals surface area contributed by atoms with E-state index in [9.17, 15) is 0 Å². The van der Waals surface area contributed by atoms with E-state index in [1.54, 1.807) is 38.5 Å². The van der Waals surface area contributed by atoms with Crippen molar-refractivity contribution >= 4 is 0 Å². The van der Waals surface area contributed by atoms with Gasteiger partial charge in [0.2, 0.25) is 0 Å². The SMILES string of the molecule is C[C@@]12CCCC1C1CCC3CCCC(N4CCCCC4)[C@]3(C)C1CC2. The molecule has 1 aliphatic heterocycles. The molecular weight excluding hydrogens is 302 g/mol. The largest absolute Gasteiger partial charge is 0.300 e. The zero-order valence-electron chi connectivity index (χ0n) is 16.9. The highest BCUT2D eigenvalue weighted by molar-refractivity contribution is 5.10. The van der Waals surface area contributed by atoms with E-state index in [0.29, 0.717) is 5.41 Å². The van der Waals surface area contributed by atoms with Crippen LogP contribution in [0.25, 0.3) is 0 Å². The van der Waals surface area contributed by atoms with Crippen LogP contribution in [0.5, 0.6) is 0 Å². The van der Waals surface area contributed by atoms with Gasteiger partial charge in [-0.15, -0.1) is 0 Å². The average molecular weight is 344 g/mol. The molecule has 0 spiro atoms. The lowest BCUT2D eigenvalue weighted by molar-refractivity contribution is -0.144. The Morgan fingerprint density at radius 2 is 1.52 bits per heavy atom. The minimum atomic E-state index is 0.641. The molecule has 1 nitrogen and oxygen atoms in total. The molecule has 4 aliphatic carbocycles. The Labute approximate surface area is 156 Å². The van der Waals surface area contributed by atoms with Gasteiger partial charge in [-0.2, -0.15) is 0 Å². The molecule has 1 heteroatoms. The van der Waals surface area contributed by atoms with Crippen LogP contribution in [0.3, 0.4) is 0 Å². The van der Waals surface area contributed by atoms with Crippen LogP contribution in [-0.4, -0.2) is 24.0 Å². The number of rotatable bonds is 1. The first-order valence-electron chi connectivity index (χ1n) is 11.9. The number of hydrogen-bond acceptors (Lipinski definition) is 1. The zero-order chi connectivity index (χ0) is 17.1. The first-order valence-corrected chi connectivity index (χ1v) is 11.9. The maximum Gasteiger partial charge on any atom is 0.0154 e. The van der Waals surface area contributed by atoms with E-state index in [1.165, 1.54) is 58.0 Å². The molecule has 5 rings (SSSR count). The summed E-state index contributed by atoms with van der Waals surface area (Å²) < 4.78 is 0. The highest BCUT2D eigenvalue weighted by Gasteiger charge is 2.60. The molecular formula is C24H41N. The topological polar surface area (TPSA) is 3.24 Å². The number of nitrogens with zero attached hydrogens (tertiary/aromatic N) is 1. The van der Waals surface area contributed by atoms with Crippen LogP contribution in [0.2, 0.25) is 0 Å². The average Bonchev–Trinajstić information content (AvgIpc) is 3.03. The highest BCUT2D eigenvalue weighted by Crippen LogP contribution is 2.66. The number of piperidine rings is 1. The Morgan fingerprint density at radius 1 is 0.680 bits per heavy atom. The lowest BCUT2D eigenvalue weighted by atomic mass is 9.44. The predicted octanol–water partition coefficient (Wildman–Crippen LogP) is 6.27. The van der Waals surface area contributed by atoms with Crippen molar-refractivity contribution < 1.29 is 0 Å². The second-order valence-corrected chi connectivity index (χ2v) is 11.1. The quantitative estimate of drug-likeness (QED) is 0.542. The van der Waals surface area contributed by atoms with Gasteiger partial charge < -0.3 is 0 Å². The summed E-state index contributed by atoms with van der Waals surface area (Å²) in [6.45, 7) is 8.28. The summed E-state index contributed by atoms with van der Waals surface area (Å²) in [7, 11) is 0. The molecule has 4 saturated carbocycles. The van der Waals surface area contributed by atoms with Crippen molar-refractivity contribution in [1.29, 1.82) is 0 Å².